The Morgan fingerprint density at radius 2 is 2.26 bits per heavy atom. The summed E-state index contributed by atoms with van der Waals surface area (Å²) in [5, 5.41) is 2.94. The zero-order valence-electron chi connectivity index (χ0n) is 11.2. The molecule has 1 saturated carbocycles. The van der Waals surface area contributed by atoms with Gasteiger partial charge in [-0.15, -0.1) is 0 Å². The van der Waals surface area contributed by atoms with Crippen molar-refractivity contribution in [3.05, 3.63) is 35.6 Å². The molecule has 1 fully saturated rings. The van der Waals surface area contributed by atoms with Crippen LogP contribution in [0.25, 0.3) is 0 Å². The number of methoxy groups -OCH3 is 1. The van der Waals surface area contributed by atoms with Gasteiger partial charge in [-0.25, -0.2) is 4.39 Å². The average molecular weight is 265 g/mol. The molecule has 3 nitrogen and oxygen atoms in total. The molecule has 0 spiro atoms. The molecular weight excluding hydrogens is 245 g/mol. The van der Waals surface area contributed by atoms with Gasteiger partial charge in [0.1, 0.15) is 5.82 Å². The summed E-state index contributed by atoms with van der Waals surface area (Å²) in [7, 11) is 1.64. The van der Waals surface area contributed by atoms with Crippen molar-refractivity contribution in [2.45, 2.75) is 31.1 Å². The SMILES string of the molecule is COCCCNC(=O)C1(c2cccc(F)c2)CCC1. The van der Waals surface area contributed by atoms with Gasteiger partial charge in [0.05, 0.1) is 5.41 Å². The maximum Gasteiger partial charge on any atom is 0.230 e. The molecule has 1 aliphatic carbocycles. The van der Waals surface area contributed by atoms with E-state index in [1.165, 1.54) is 12.1 Å². The Labute approximate surface area is 113 Å². The summed E-state index contributed by atoms with van der Waals surface area (Å²) in [6.45, 7) is 1.23. The normalized spacial score (nSPS) is 16.7. The fraction of sp³-hybridized carbons (Fsp3) is 0.533. The number of hydrogen-bond acceptors (Lipinski definition) is 2. The van der Waals surface area contributed by atoms with E-state index in [4.69, 9.17) is 4.74 Å². The number of carbonyl (C=O) groups excluding carboxylic acids is 1. The zero-order chi connectivity index (χ0) is 13.7. The van der Waals surface area contributed by atoms with Gasteiger partial charge in [0.25, 0.3) is 0 Å². The van der Waals surface area contributed by atoms with Crippen LogP contribution in [0, 0.1) is 5.82 Å². The van der Waals surface area contributed by atoms with Gasteiger partial charge in [-0.1, -0.05) is 18.6 Å². The summed E-state index contributed by atoms with van der Waals surface area (Å²) >= 11 is 0. The first kappa shape index (κ1) is 14.0. The first-order valence-corrected chi connectivity index (χ1v) is 6.72. The molecule has 2 rings (SSSR count). The standard InChI is InChI=1S/C15H20FNO2/c1-19-10-4-9-17-14(18)15(7-3-8-15)12-5-2-6-13(16)11-12/h2,5-6,11H,3-4,7-10H2,1H3,(H,17,18). The lowest BCUT2D eigenvalue weighted by Crippen LogP contribution is -2.49. The molecule has 1 aromatic carbocycles. The number of amides is 1. The Hall–Kier alpha value is -1.42. The highest BCUT2D eigenvalue weighted by atomic mass is 19.1. The molecule has 0 radical (unpaired) electrons. The van der Waals surface area contributed by atoms with Gasteiger partial charge in [0, 0.05) is 20.3 Å². The summed E-state index contributed by atoms with van der Waals surface area (Å²) in [6, 6.07) is 6.40. The molecule has 0 aromatic heterocycles. The number of hydrogen-bond donors (Lipinski definition) is 1. The number of carbonyl (C=O) groups is 1. The summed E-state index contributed by atoms with van der Waals surface area (Å²) in [6.07, 6.45) is 3.41. The van der Waals surface area contributed by atoms with Crippen LogP contribution in [-0.4, -0.2) is 26.2 Å². The molecule has 0 unspecified atom stereocenters. The second-order valence-electron chi connectivity index (χ2n) is 5.05. The van der Waals surface area contributed by atoms with E-state index in [-0.39, 0.29) is 11.7 Å². The van der Waals surface area contributed by atoms with Crippen molar-refractivity contribution >= 4 is 5.91 Å². The molecule has 0 saturated heterocycles. The van der Waals surface area contributed by atoms with Crippen LogP contribution >= 0.6 is 0 Å². The Bertz CT molecular complexity index is 444. The van der Waals surface area contributed by atoms with E-state index in [0.717, 1.165) is 31.2 Å². The minimum absolute atomic E-state index is 0.0143. The van der Waals surface area contributed by atoms with Gasteiger partial charge < -0.3 is 10.1 Å². The first-order chi connectivity index (χ1) is 9.19. The largest absolute Gasteiger partial charge is 0.385 e. The van der Waals surface area contributed by atoms with Crippen molar-refractivity contribution in [3.8, 4) is 0 Å². The van der Waals surface area contributed by atoms with Crippen LogP contribution in [0.15, 0.2) is 24.3 Å². The minimum atomic E-state index is -0.519. The number of rotatable bonds is 6. The molecule has 0 heterocycles. The van der Waals surface area contributed by atoms with E-state index in [1.54, 1.807) is 13.2 Å². The van der Waals surface area contributed by atoms with E-state index in [2.05, 4.69) is 5.32 Å². The summed E-state index contributed by atoms with van der Waals surface area (Å²) in [5.41, 5.74) is 0.276. The predicted octanol–water partition coefficient (Wildman–Crippen LogP) is 2.40. The predicted molar refractivity (Wildman–Crippen MR) is 71.4 cm³/mol. The Morgan fingerprint density at radius 3 is 2.84 bits per heavy atom. The third kappa shape index (κ3) is 2.95. The molecule has 1 N–H and O–H groups in total. The minimum Gasteiger partial charge on any atom is -0.385 e. The van der Waals surface area contributed by atoms with Crippen LogP contribution in [-0.2, 0) is 14.9 Å². The summed E-state index contributed by atoms with van der Waals surface area (Å²) in [5.74, 6) is -0.267. The molecule has 0 atom stereocenters. The van der Waals surface area contributed by atoms with Crippen molar-refractivity contribution in [1.29, 1.82) is 0 Å². The molecule has 1 aliphatic rings. The third-order valence-corrected chi connectivity index (χ3v) is 3.83. The highest BCUT2D eigenvalue weighted by molar-refractivity contribution is 5.89. The lowest BCUT2D eigenvalue weighted by atomic mass is 9.64. The van der Waals surface area contributed by atoms with Gasteiger partial charge in [0.15, 0.2) is 0 Å². The lowest BCUT2D eigenvalue weighted by Gasteiger charge is -2.40. The van der Waals surface area contributed by atoms with Crippen LogP contribution in [0.1, 0.15) is 31.2 Å². The maximum atomic E-state index is 13.3. The van der Waals surface area contributed by atoms with Crippen molar-refractivity contribution in [2.75, 3.05) is 20.3 Å². The van der Waals surface area contributed by atoms with E-state index in [1.807, 2.05) is 6.07 Å². The Balaban J connectivity index is 2.03. The Morgan fingerprint density at radius 1 is 1.47 bits per heavy atom. The maximum absolute atomic E-state index is 13.3. The van der Waals surface area contributed by atoms with E-state index in [0.29, 0.717) is 13.2 Å². The van der Waals surface area contributed by atoms with Gasteiger partial charge in [0.2, 0.25) is 5.91 Å². The number of nitrogens with one attached hydrogen (secondary N) is 1. The van der Waals surface area contributed by atoms with Crippen molar-refractivity contribution in [2.24, 2.45) is 0 Å². The van der Waals surface area contributed by atoms with Crippen LogP contribution in [0.4, 0.5) is 4.39 Å². The Kier molecular flexibility index (Phi) is 4.53. The summed E-state index contributed by atoms with van der Waals surface area (Å²) in [4.78, 5) is 12.3. The molecular formula is C15H20FNO2. The molecule has 19 heavy (non-hydrogen) atoms. The molecule has 1 amide bonds. The van der Waals surface area contributed by atoms with Crippen LogP contribution < -0.4 is 5.32 Å². The average Bonchev–Trinajstić information content (AvgIpc) is 2.33. The van der Waals surface area contributed by atoms with E-state index in [9.17, 15) is 9.18 Å². The third-order valence-electron chi connectivity index (χ3n) is 3.83. The monoisotopic (exact) mass is 265 g/mol. The zero-order valence-corrected chi connectivity index (χ0v) is 11.2. The first-order valence-electron chi connectivity index (χ1n) is 6.72. The van der Waals surface area contributed by atoms with Crippen molar-refractivity contribution in [1.82, 2.24) is 5.32 Å². The molecule has 1 aromatic rings. The van der Waals surface area contributed by atoms with Gasteiger partial charge >= 0.3 is 0 Å². The quantitative estimate of drug-likeness (QED) is 0.802. The highest BCUT2D eigenvalue weighted by Crippen LogP contribution is 2.44. The second kappa shape index (κ2) is 6.15. The smallest absolute Gasteiger partial charge is 0.230 e. The molecule has 104 valence electrons. The fourth-order valence-corrected chi connectivity index (χ4v) is 2.55. The van der Waals surface area contributed by atoms with Gasteiger partial charge in [-0.05, 0) is 37.0 Å². The number of benzene rings is 1. The fourth-order valence-electron chi connectivity index (χ4n) is 2.55. The number of ether oxygens (including phenoxy) is 1. The summed E-state index contributed by atoms with van der Waals surface area (Å²) < 4.78 is 18.3. The molecule has 0 aliphatic heterocycles. The van der Waals surface area contributed by atoms with Crippen molar-refractivity contribution < 1.29 is 13.9 Å². The highest BCUT2D eigenvalue weighted by Gasteiger charge is 2.45. The topological polar surface area (TPSA) is 38.3 Å². The van der Waals surface area contributed by atoms with Crippen LogP contribution in [0.3, 0.4) is 0 Å². The van der Waals surface area contributed by atoms with Crippen LogP contribution in [0.2, 0.25) is 0 Å². The van der Waals surface area contributed by atoms with Gasteiger partial charge in [-0.2, -0.15) is 0 Å². The van der Waals surface area contributed by atoms with E-state index < -0.39 is 5.41 Å². The second-order valence-corrected chi connectivity index (χ2v) is 5.05. The van der Waals surface area contributed by atoms with E-state index >= 15 is 0 Å². The lowest BCUT2D eigenvalue weighted by molar-refractivity contribution is -0.129. The molecule has 0 bridgehead atoms. The van der Waals surface area contributed by atoms with Crippen molar-refractivity contribution in [3.63, 3.8) is 0 Å². The number of halogens is 1. The van der Waals surface area contributed by atoms with Gasteiger partial charge in [-0.3, -0.25) is 4.79 Å². The van der Waals surface area contributed by atoms with Crippen LogP contribution in [0.5, 0.6) is 0 Å². The molecule has 4 heteroatoms.